The first-order valence-corrected chi connectivity index (χ1v) is 15.5. The smallest absolute Gasteiger partial charge is 0.337 e. The number of hydrogen-bond acceptors (Lipinski definition) is 12. The lowest BCUT2D eigenvalue weighted by Crippen LogP contribution is -2.06. The number of phenolic OH excluding ortho intramolecular Hbond substituents is 2. The van der Waals surface area contributed by atoms with Gasteiger partial charge in [-0.05, 0) is 99.0 Å². The molecule has 4 rings (SSSR count). The third-order valence-corrected chi connectivity index (χ3v) is 7.94. The van der Waals surface area contributed by atoms with Crippen LogP contribution >= 0.6 is 31.9 Å². The van der Waals surface area contributed by atoms with Gasteiger partial charge in [0.2, 0.25) is 11.8 Å². The second-order valence-electron chi connectivity index (χ2n) is 9.57. The monoisotopic (exact) mass is 784 g/mol. The van der Waals surface area contributed by atoms with Crippen LogP contribution < -0.4 is 9.47 Å². The minimum Gasteiger partial charge on any atom is -0.507 e. The zero-order valence-electron chi connectivity index (χ0n) is 26.2. The number of aromatic nitrogens is 2. The van der Waals surface area contributed by atoms with Crippen molar-refractivity contribution in [2.45, 2.75) is 12.8 Å². The highest BCUT2D eigenvalue weighted by Crippen LogP contribution is 2.25. The Morgan fingerprint density at radius 2 is 1.23 bits per heavy atom. The molecule has 0 radical (unpaired) electrons. The Balaban J connectivity index is 0.000000260. The highest BCUT2D eigenvalue weighted by molar-refractivity contribution is 9.10. The van der Waals surface area contributed by atoms with Crippen molar-refractivity contribution in [2.75, 3.05) is 28.4 Å². The van der Waals surface area contributed by atoms with Crippen LogP contribution in [0.25, 0.3) is 6.08 Å². The molecule has 2 aromatic heterocycles. The van der Waals surface area contributed by atoms with E-state index < -0.39 is 17.7 Å². The van der Waals surface area contributed by atoms with Crippen molar-refractivity contribution in [1.29, 1.82) is 0 Å². The van der Waals surface area contributed by atoms with Crippen molar-refractivity contribution < 1.29 is 48.3 Å². The standard InChI is InChI=1S/C17H16BrNO5.C17H14BrNO5/c2*1-23-16-8-5-12(18)13(19-16)6-7-14(20)11-4-3-10(9-15(11)21)17(22)24-2/h3-5,8-9,21H,6-7H2,1-2H3;3-9,21H,1-2H3. The summed E-state index contributed by atoms with van der Waals surface area (Å²) in [5, 5.41) is 19.9. The van der Waals surface area contributed by atoms with E-state index in [0.717, 1.165) is 4.47 Å². The normalized spacial score (nSPS) is 10.5. The molecule has 0 aliphatic rings. The van der Waals surface area contributed by atoms with Gasteiger partial charge in [-0.3, -0.25) is 9.59 Å². The van der Waals surface area contributed by atoms with Crippen LogP contribution in [0.4, 0.5) is 0 Å². The number of aryl methyl sites for hydroxylation is 1. The first-order chi connectivity index (χ1) is 22.9. The molecule has 0 aliphatic heterocycles. The average molecular weight is 786 g/mol. The molecule has 0 saturated carbocycles. The molecule has 0 atom stereocenters. The molecule has 0 spiro atoms. The summed E-state index contributed by atoms with van der Waals surface area (Å²) in [6, 6.07) is 15.0. The topological polar surface area (TPSA) is 171 Å². The van der Waals surface area contributed by atoms with Gasteiger partial charge < -0.3 is 29.2 Å². The Kier molecular flexibility index (Phi) is 13.8. The Morgan fingerprint density at radius 1 is 0.708 bits per heavy atom. The van der Waals surface area contributed by atoms with Crippen molar-refractivity contribution in [2.24, 2.45) is 0 Å². The molecule has 48 heavy (non-hydrogen) atoms. The lowest BCUT2D eigenvalue weighted by molar-refractivity contribution is 0.0591. The zero-order chi connectivity index (χ0) is 35.4. The number of carbonyl (C=O) groups is 4. The van der Waals surface area contributed by atoms with Gasteiger partial charge in [0, 0.05) is 27.5 Å². The number of ketones is 2. The van der Waals surface area contributed by atoms with Crippen molar-refractivity contribution in [1.82, 2.24) is 9.97 Å². The number of nitrogens with zero attached hydrogens (tertiary/aromatic N) is 2. The van der Waals surface area contributed by atoms with E-state index >= 15 is 0 Å². The van der Waals surface area contributed by atoms with Gasteiger partial charge in [-0.2, -0.15) is 0 Å². The number of allylic oxidation sites excluding steroid dienone is 1. The molecule has 0 unspecified atom stereocenters. The number of pyridine rings is 2. The molecule has 2 N–H and O–H groups in total. The summed E-state index contributed by atoms with van der Waals surface area (Å²) >= 11 is 6.72. The van der Waals surface area contributed by atoms with E-state index in [9.17, 15) is 29.4 Å². The van der Waals surface area contributed by atoms with Crippen molar-refractivity contribution in [3.05, 3.63) is 109 Å². The number of hydrogen-bond donors (Lipinski definition) is 2. The summed E-state index contributed by atoms with van der Waals surface area (Å²) in [6.45, 7) is 0. The Morgan fingerprint density at radius 3 is 1.75 bits per heavy atom. The number of methoxy groups -OCH3 is 4. The molecule has 250 valence electrons. The highest BCUT2D eigenvalue weighted by atomic mass is 79.9. The lowest BCUT2D eigenvalue weighted by Gasteiger charge is -2.08. The number of phenols is 2. The maximum Gasteiger partial charge on any atom is 0.337 e. The number of aromatic hydroxyl groups is 2. The summed E-state index contributed by atoms with van der Waals surface area (Å²) in [7, 11) is 5.50. The summed E-state index contributed by atoms with van der Waals surface area (Å²) in [5.74, 6) is -1.52. The van der Waals surface area contributed by atoms with Crippen molar-refractivity contribution >= 4 is 61.4 Å². The highest BCUT2D eigenvalue weighted by Gasteiger charge is 2.16. The average Bonchev–Trinajstić information content (AvgIpc) is 3.10. The summed E-state index contributed by atoms with van der Waals surface area (Å²) in [5.41, 5.74) is 1.76. The second-order valence-corrected chi connectivity index (χ2v) is 11.3. The molecule has 0 bridgehead atoms. The third-order valence-electron chi connectivity index (χ3n) is 6.54. The SMILES string of the molecule is COC(=O)c1ccc(C(=O)C=Cc2nc(OC)ccc2Br)c(O)c1.COC(=O)c1ccc(C(=O)CCc2nc(OC)ccc2Br)c(O)c1. The van der Waals surface area contributed by atoms with Crippen LogP contribution in [0.2, 0.25) is 0 Å². The number of carbonyl (C=O) groups excluding carboxylic acids is 4. The molecule has 0 saturated heterocycles. The van der Waals surface area contributed by atoms with Gasteiger partial charge in [-0.1, -0.05) is 0 Å². The van der Waals surface area contributed by atoms with Crippen LogP contribution in [0.5, 0.6) is 23.3 Å². The fourth-order valence-corrected chi connectivity index (χ4v) is 4.80. The second kappa shape index (κ2) is 17.7. The molecular formula is C34H30Br2N2O10. The van der Waals surface area contributed by atoms with Gasteiger partial charge in [0.15, 0.2) is 11.6 Å². The molecule has 0 amide bonds. The fraction of sp³-hybridized carbons (Fsp3) is 0.176. The van der Waals surface area contributed by atoms with Crippen LogP contribution in [0, 0.1) is 0 Å². The van der Waals surface area contributed by atoms with E-state index in [-0.39, 0.29) is 46.0 Å². The van der Waals surface area contributed by atoms with E-state index in [1.54, 1.807) is 24.3 Å². The van der Waals surface area contributed by atoms with E-state index in [1.165, 1.54) is 77.0 Å². The lowest BCUT2D eigenvalue weighted by atomic mass is 10.0. The van der Waals surface area contributed by atoms with Gasteiger partial charge >= 0.3 is 11.9 Å². The van der Waals surface area contributed by atoms with Crippen LogP contribution in [0.15, 0.2) is 75.7 Å². The Bertz CT molecular complexity index is 1860. The molecule has 2 heterocycles. The van der Waals surface area contributed by atoms with Gasteiger partial charge in [0.1, 0.15) is 11.5 Å². The molecule has 0 aliphatic carbocycles. The van der Waals surface area contributed by atoms with Crippen LogP contribution in [-0.4, -0.2) is 72.1 Å². The third kappa shape index (κ3) is 9.96. The molecule has 12 nitrogen and oxygen atoms in total. The Labute approximate surface area is 292 Å². The first-order valence-electron chi connectivity index (χ1n) is 13.9. The zero-order valence-corrected chi connectivity index (χ0v) is 29.3. The van der Waals surface area contributed by atoms with E-state index in [2.05, 4.69) is 51.3 Å². The largest absolute Gasteiger partial charge is 0.507 e. The minimum atomic E-state index is -0.593. The summed E-state index contributed by atoms with van der Waals surface area (Å²) < 4.78 is 20.7. The number of rotatable bonds is 11. The van der Waals surface area contributed by atoms with Crippen LogP contribution in [-0.2, 0) is 15.9 Å². The predicted molar refractivity (Wildman–Crippen MR) is 182 cm³/mol. The molecular weight excluding hydrogens is 756 g/mol. The molecule has 0 fully saturated rings. The number of benzene rings is 2. The van der Waals surface area contributed by atoms with Crippen LogP contribution in [0.1, 0.15) is 59.2 Å². The predicted octanol–water partition coefficient (Wildman–Crippen LogP) is 6.40. The van der Waals surface area contributed by atoms with Crippen molar-refractivity contribution in [3.8, 4) is 23.3 Å². The molecule has 2 aromatic carbocycles. The molecule has 4 aromatic rings. The van der Waals surface area contributed by atoms with Gasteiger partial charge in [-0.15, -0.1) is 0 Å². The number of esters is 2. The van der Waals surface area contributed by atoms with E-state index in [4.69, 9.17) is 9.47 Å². The maximum atomic E-state index is 12.3. The van der Waals surface area contributed by atoms with Gasteiger partial charge in [-0.25, -0.2) is 19.6 Å². The maximum absolute atomic E-state index is 12.3. The van der Waals surface area contributed by atoms with Gasteiger partial charge in [0.25, 0.3) is 0 Å². The first kappa shape index (κ1) is 37.4. The van der Waals surface area contributed by atoms with Crippen LogP contribution in [0.3, 0.4) is 0 Å². The number of halogens is 2. The quantitative estimate of drug-likeness (QED) is 0.0976. The minimum absolute atomic E-state index is 0.0675. The fourth-order valence-electron chi connectivity index (χ4n) is 4.03. The Hall–Kier alpha value is -5.08. The number of ether oxygens (including phenoxy) is 4. The van der Waals surface area contributed by atoms with E-state index in [0.29, 0.717) is 34.0 Å². The van der Waals surface area contributed by atoms with Gasteiger partial charge in [0.05, 0.1) is 62.1 Å². The molecule has 14 heteroatoms. The summed E-state index contributed by atoms with van der Waals surface area (Å²) in [4.78, 5) is 55.8. The van der Waals surface area contributed by atoms with Crippen molar-refractivity contribution in [3.63, 3.8) is 0 Å². The number of Topliss-reactive ketones (excluding diaryl/α,β-unsaturated/α-hetero) is 1. The summed E-state index contributed by atoms with van der Waals surface area (Å²) in [6.07, 6.45) is 3.32. The van der Waals surface area contributed by atoms with E-state index in [1.807, 2.05) is 0 Å².